The maximum absolute atomic E-state index is 12.4. The molecule has 0 saturated carbocycles. The van der Waals surface area contributed by atoms with E-state index in [-0.39, 0.29) is 11.9 Å². The smallest absolute Gasteiger partial charge is 0.251 e. The second-order valence-corrected chi connectivity index (χ2v) is 5.13. The Morgan fingerprint density at radius 3 is 2.33 bits per heavy atom. The molecule has 0 fully saturated rings. The van der Waals surface area contributed by atoms with Gasteiger partial charge in [-0.1, -0.05) is 55.8 Å². The Bertz CT molecular complexity index is 564. The number of rotatable bonds is 6. The van der Waals surface area contributed by atoms with Gasteiger partial charge in [0.05, 0.1) is 6.04 Å². The van der Waals surface area contributed by atoms with Crippen LogP contribution in [0.15, 0.2) is 54.6 Å². The highest BCUT2D eigenvalue weighted by atomic mass is 16.1. The molecule has 0 heterocycles. The second kappa shape index (κ2) is 7.60. The molecular formula is C18H22N2O. The van der Waals surface area contributed by atoms with Gasteiger partial charge in [0.15, 0.2) is 0 Å². The zero-order chi connectivity index (χ0) is 15.1. The van der Waals surface area contributed by atoms with Crippen molar-refractivity contribution < 1.29 is 4.79 Å². The summed E-state index contributed by atoms with van der Waals surface area (Å²) < 4.78 is 0. The summed E-state index contributed by atoms with van der Waals surface area (Å²) in [4.78, 5) is 12.4. The molecule has 3 N–H and O–H groups in total. The van der Waals surface area contributed by atoms with Gasteiger partial charge in [-0.2, -0.15) is 0 Å². The Morgan fingerprint density at radius 2 is 1.76 bits per heavy atom. The molecule has 2 aromatic carbocycles. The molecule has 2 aromatic rings. The molecule has 2 rings (SSSR count). The van der Waals surface area contributed by atoms with E-state index in [2.05, 4.69) is 24.4 Å². The van der Waals surface area contributed by atoms with Crippen molar-refractivity contribution in [1.82, 2.24) is 5.32 Å². The molecule has 1 amide bonds. The van der Waals surface area contributed by atoms with Gasteiger partial charge in [0.1, 0.15) is 0 Å². The summed E-state index contributed by atoms with van der Waals surface area (Å²) in [5.41, 5.74) is 8.41. The van der Waals surface area contributed by atoms with E-state index in [1.54, 1.807) is 0 Å². The minimum Gasteiger partial charge on any atom is -0.345 e. The van der Waals surface area contributed by atoms with E-state index in [0.717, 1.165) is 24.0 Å². The Balaban J connectivity index is 2.10. The van der Waals surface area contributed by atoms with E-state index in [9.17, 15) is 4.79 Å². The van der Waals surface area contributed by atoms with Crippen LogP contribution in [0.25, 0.3) is 0 Å². The van der Waals surface area contributed by atoms with Gasteiger partial charge in [-0.3, -0.25) is 4.79 Å². The summed E-state index contributed by atoms with van der Waals surface area (Å²) in [5, 5.41) is 3.12. The first kappa shape index (κ1) is 15.3. The maximum atomic E-state index is 12.4. The summed E-state index contributed by atoms with van der Waals surface area (Å²) in [6, 6.07) is 17.6. The van der Waals surface area contributed by atoms with Crippen LogP contribution in [-0.4, -0.2) is 5.91 Å². The number of hydrogen-bond donors (Lipinski definition) is 2. The Hall–Kier alpha value is -2.13. The van der Waals surface area contributed by atoms with Gasteiger partial charge >= 0.3 is 0 Å². The zero-order valence-corrected chi connectivity index (χ0v) is 12.4. The predicted octanol–water partition coefficient (Wildman–Crippen LogP) is 3.42. The molecule has 0 aliphatic rings. The molecule has 110 valence electrons. The van der Waals surface area contributed by atoms with E-state index in [4.69, 9.17) is 5.73 Å². The van der Waals surface area contributed by atoms with Crippen LogP contribution in [0, 0.1) is 0 Å². The molecule has 0 saturated heterocycles. The van der Waals surface area contributed by atoms with Gasteiger partial charge in [-0.25, -0.2) is 0 Å². The van der Waals surface area contributed by atoms with Crippen molar-refractivity contribution in [3.05, 3.63) is 71.3 Å². The number of nitrogens with two attached hydrogens (primary N) is 1. The number of hydrogen-bond acceptors (Lipinski definition) is 2. The van der Waals surface area contributed by atoms with E-state index in [1.165, 1.54) is 0 Å². The SMILES string of the molecule is CCCC(NC(=O)c1ccc(CN)cc1)c1ccccc1. The molecule has 3 heteroatoms. The summed E-state index contributed by atoms with van der Waals surface area (Å²) in [6.07, 6.45) is 1.95. The lowest BCUT2D eigenvalue weighted by Crippen LogP contribution is -2.28. The van der Waals surface area contributed by atoms with Crippen LogP contribution in [0.3, 0.4) is 0 Å². The molecular weight excluding hydrogens is 260 g/mol. The van der Waals surface area contributed by atoms with Crippen molar-refractivity contribution in [3.63, 3.8) is 0 Å². The number of nitrogens with one attached hydrogen (secondary N) is 1. The van der Waals surface area contributed by atoms with E-state index in [0.29, 0.717) is 12.1 Å². The summed E-state index contributed by atoms with van der Waals surface area (Å²) in [7, 11) is 0. The fourth-order valence-electron chi connectivity index (χ4n) is 2.33. The molecule has 0 spiro atoms. The number of benzene rings is 2. The van der Waals surface area contributed by atoms with E-state index < -0.39 is 0 Å². The minimum atomic E-state index is -0.0409. The van der Waals surface area contributed by atoms with Crippen molar-refractivity contribution >= 4 is 5.91 Å². The lowest BCUT2D eigenvalue weighted by Gasteiger charge is -2.18. The van der Waals surface area contributed by atoms with Crippen molar-refractivity contribution in [1.29, 1.82) is 0 Å². The van der Waals surface area contributed by atoms with E-state index in [1.807, 2.05) is 42.5 Å². The van der Waals surface area contributed by atoms with Crippen molar-refractivity contribution in [2.75, 3.05) is 0 Å². The van der Waals surface area contributed by atoms with Crippen LogP contribution in [-0.2, 0) is 6.54 Å². The number of carbonyl (C=O) groups is 1. The largest absolute Gasteiger partial charge is 0.345 e. The molecule has 0 aliphatic heterocycles. The number of carbonyl (C=O) groups excluding carboxylic acids is 1. The van der Waals surface area contributed by atoms with Crippen LogP contribution < -0.4 is 11.1 Å². The minimum absolute atomic E-state index is 0.0409. The van der Waals surface area contributed by atoms with Gasteiger partial charge in [-0.15, -0.1) is 0 Å². The monoisotopic (exact) mass is 282 g/mol. The average Bonchev–Trinajstić information content (AvgIpc) is 2.55. The molecule has 21 heavy (non-hydrogen) atoms. The predicted molar refractivity (Wildman–Crippen MR) is 85.9 cm³/mol. The molecule has 3 nitrogen and oxygen atoms in total. The van der Waals surface area contributed by atoms with Crippen LogP contribution in [0.2, 0.25) is 0 Å². The third-order valence-corrected chi connectivity index (χ3v) is 3.54. The summed E-state index contributed by atoms with van der Waals surface area (Å²) in [5.74, 6) is -0.0409. The molecule has 0 bridgehead atoms. The fraction of sp³-hybridized carbons (Fsp3) is 0.278. The Labute approximate surface area is 126 Å². The third kappa shape index (κ3) is 4.17. The van der Waals surface area contributed by atoms with Crippen molar-refractivity contribution in [2.45, 2.75) is 32.4 Å². The van der Waals surface area contributed by atoms with Gasteiger partial charge in [-0.05, 0) is 29.7 Å². The standard InChI is InChI=1S/C18H22N2O/c1-2-6-17(15-7-4-3-5-8-15)20-18(21)16-11-9-14(13-19)10-12-16/h3-5,7-12,17H,2,6,13,19H2,1H3,(H,20,21). The lowest BCUT2D eigenvalue weighted by molar-refractivity contribution is 0.0934. The molecule has 0 radical (unpaired) electrons. The highest BCUT2D eigenvalue weighted by Gasteiger charge is 2.14. The molecule has 1 unspecified atom stereocenters. The van der Waals surface area contributed by atoms with Crippen molar-refractivity contribution in [3.8, 4) is 0 Å². The van der Waals surface area contributed by atoms with E-state index >= 15 is 0 Å². The Kier molecular flexibility index (Phi) is 5.52. The lowest BCUT2D eigenvalue weighted by atomic mass is 10.0. The normalized spacial score (nSPS) is 11.9. The van der Waals surface area contributed by atoms with Crippen LogP contribution in [0.4, 0.5) is 0 Å². The van der Waals surface area contributed by atoms with Crippen LogP contribution in [0.5, 0.6) is 0 Å². The van der Waals surface area contributed by atoms with Crippen LogP contribution >= 0.6 is 0 Å². The zero-order valence-electron chi connectivity index (χ0n) is 12.4. The molecule has 1 atom stereocenters. The van der Waals surface area contributed by atoms with Gasteiger partial charge in [0.25, 0.3) is 5.91 Å². The van der Waals surface area contributed by atoms with Gasteiger partial charge < -0.3 is 11.1 Å². The highest BCUT2D eigenvalue weighted by molar-refractivity contribution is 5.94. The molecule has 0 aromatic heterocycles. The number of amides is 1. The van der Waals surface area contributed by atoms with Crippen LogP contribution in [0.1, 0.15) is 47.3 Å². The summed E-state index contributed by atoms with van der Waals surface area (Å²) in [6.45, 7) is 2.61. The van der Waals surface area contributed by atoms with Gasteiger partial charge in [0, 0.05) is 12.1 Å². The van der Waals surface area contributed by atoms with Crippen molar-refractivity contribution in [2.24, 2.45) is 5.73 Å². The highest BCUT2D eigenvalue weighted by Crippen LogP contribution is 2.19. The average molecular weight is 282 g/mol. The quantitative estimate of drug-likeness (QED) is 0.853. The van der Waals surface area contributed by atoms with Gasteiger partial charge in [0.2, 0.25) is 0 Å². The Morgan fingerprint density at radius 1 is 1.10 bits per heavy atom. The first-order chi connectivity index (χ1) is 10.2. The first-order valence-electron chi connectivity index (χ1n) is 7.39. The third-order valence-electron chi connectivity index (χ3n) is 3.54. The maximum Gasteiger partial charge on any atom is 0.251 e. The molecule has 0 aliphatic carbocycles. The second-order valence-electron chi connectivity index (χ2n) is 5.13. The first-order valence-corrected chi connectivity index (χ1v) is 7.39. The topological polar surface area (TPSA) is 55.1 Å². The summed E-state index contributed by atoms with van der Waals surface area (Å²) >= 11 is 0. The fourth-order valence-corrected chi connectivity index (χ4v) is 2.33.